The summed E-state index contributed by atoms with van der Waals surface area (Å²) in [6.07, 6.45) is 4.84. The zero-order valence-electron chi connectivity index (χ0n) is 17.0. The highest BCUT2D eigenvalue weighted by Gasteiger charge is 2.46. The molecule has 1 aliphatic carbocycles. The molecule has 6 nitrogen and oxygen atoms in total. The van der Waals surface area contributed by atoms with Crippen molar-refractivity contribution in [3.63, 3.8) is 0 Å². The standard InChI is InChI=1S/C25H23NO5/c27-22(19-12-10-18(11-13-19)17-6-2-1-3-7-17)16-31-23(28)14-15-26-24(29)20-8-4-5-9-21(20)25(26)30/h1-7,10-13,20-21H,8-9,14-16H2/t20-,21+. The number of hydrogen-bond acceptors (Lipinski definition) is 5. The first-order valence-electron chi connectivity index (χ1n) is 10.4. The van der Waals surface area contributed by atoms with Gasteiger partial charge in [-0.2, -0.15) is 0 Å². The van der Waals surface area contributed by atoms with E-state index in [4.69, 9.17) is 4.74 Å². The van der Waals surface area contributed by atoms with E-state index in [0.29, 0.717) is 18.4 Å². The second-order valence-electron chi connectivity index (χ2n) is 7.76. The van der Waals surface area contributed by atoms with Crippen LogP contribution in [0.5, 0.6) is 0 Å². The Morgan fingerprint density at radius 1 is 0.839 bits per heavy atom. The number of fused-ring (bicyclic) bond motifs is 1. The van der Waals surface area contributed by atoms with Gasteiger partial charge >= 0.3 is 5.97 Å². The van der Waals surface area contributed by atoms with Gasteiger partial charge in [0.15, 0.2) is 12.4 Å². The Labute approximate surface area is 180 Å². The SMILES string of the molecule is O=C(CCN1C(=O)[C@H]2CC=CC[C@H]2C1=O)OCC(=O)c1ccc(-c2ccccc2)cc1. The van der Waals surface area contributed by atoms with Crippen LogP contribution in [0.3, 0.4) is 0 Å². The predicted molar refractivity (Wildman–Crippen MR) is 114 cm³/mol. The topological polar surface area (TPSA) is 80.8 Å². The number of imide groups is 1. The summed E-state index contributed by atoms with van der Waals surface area (Å²) in [5.74, 6) is -1.98. The van der Waals surface area contributed by atoms with Gasteiger partial charge in [-0.3, -0.25) is 24.1 Å². The molecule has 158 valence electrons. The molecular weight excluding hydrogens is 394 g/mol. The van der Waals surface area contributed by atoms with Gasteiger partial charge in [0, 0.05) is 12.1 Å². The van der Waals surface area contributed by atoms with Crippen LogP contribution in [0.2, 0.25) is 0 Å². The Bertz CT molecular complexity index is 1000. The summed E-state index contributed by atoms with van der Waals surface area (Å²) >= 11 is 0. The minimum absolute atomic E-state index is 0.0105. The fourth-order valence-corrected chi connectivity index (χ4v) is 4.07. The van der Waals surface area contributed by atoms with Crippen LogP contribution in [-0.2, 0) is 19.1 Å². The number of carbonyl (C=O) groups is 4. The summed E-state index contributed by atoms with van der Waals surface area (Å²) in [6.45, 7) is -0.385. The van der Waals surface area contributed by atoms with E-state index in [-0.39, 0.29) is 49.0 Å². The van der Waals surface area contributed by atoms with Crippen molar-refractivity contribution in [1.29, 1.82) is 0 Å². The lowest BCUT2D eigenvalue weighted by atomic mass is 9.85. The second kappa shape index (κ2) is 9.08. The lowest BCUT2D eigenvalue weighted by molar-refractivity contribution is -0.145. The average Bonchev–Trinajstić information content (AvgIpc) is 3.06. The van der Waals surface area contributed by atoms with Gasteiger partial charge in [0.05, 0.1) is 18.3 Å². The molecule has 2 atom stereocenters. The smallest absolute Gasteiger partial charge is 0.308 e. The van der Waals surface area contributed by atoms with Crippen LogP contribution in [0.25, 0.3) is 11.1 Å². The van der Waals surface area contributed by atoms with E-state index in [1.165, 1.54) is 0 Å². The van der Waals surface area contributed by atoms with Crippen LogP contribution >= 0.6 is 0 Å². The van der Waals surface area contributed by atoms with Gasteiger partial charge in [0.25, 0.3) is 0 Å². The van der Waals surface area contributed by atoms with Gasteiger partial charge in [-0.05, 0) is 24.0 Å². The Kier molecular flexibility index (Phi) is 6.07. The molecule has 2 amide bonds. The van der Waals surface area contributed by atoms with E-state index in [9.17, 15) is 19.2 Å². The Balaban J connectivity index is 1.26. The fourth-order valence-electron chi connectivity index (χ4n) is 4.07. The van der Waals surface area contributed by atoms with Crippen molar-refractivity contribution in [1.82, 2.24) is 4.90 Å². The molecule has 0 radical (unpaired) electrons. The molecule has 4 rings (SSSR count). The summed E-state index contributed by atoms with van der Waals surface area (Å²) in [7, 11) is 0. The molecule has 2 aliphatic rings. The highest BCUT2D eigenvalue weighted by atomic mass is 16.5. The molecular formula is C25H23NO5. The molecule has 1 aliphatic heterocycles. The molecule has 6 heteroatoms. The average molecular weight is 417 g/mol. The first-order valence-corrected chi connectivity index (χ1v) is 10.4. The Hall–Kier alpha value is -3.54. The number of rotatable bonds is 7. The number of hydrogen-bond donors (Lipinski definition) is 0. The molecule has 31 heavy (non-hydrogen) atoms. The predicted octanol–water partition coefficient (Wildman–Crippen LogP) is 3.42. The molecule has 0 aromatic heterocycles. The minimum Gasteiger partial charge on any atom is -0.457 e. The van der Waals surface area contributed by atoms with E-state index >= 15 is 0 Å². The monoisotopic (exact) mass is 417 g/mol. The maximum absolute atomic E-state index is 12.4. The number of esters is 1. The number of amides is 2. The highest BCUT2D eigenvalue weighted by Crippen LogP contribution is 2.35. The number of Topliss-reactive ketones (excluding diaryl/α,β-unsaturated/α-hetero) is 1. The summed E-state index contributed by atoms with van der Waals surface area (Å²) < 4.78 is 5.07. The fraction of sp³-hybridized carbons (Fsp3) is 0.280. The molecule has 2 aromatic rings. The van der Waals surface area contributed by atoms with Crippen molar-refractivity contribution < 1.29 is 23.9 Å². The maximum atomic E-state index is 12.4. The van der Waals surface area contributed by atoms with Crippen molar-refractivity contribution in [2.24, 2.45) is 11.8 Å². The van der Waals surface area contributed by atoms with Gasteiger partial charge < -0.3 is 4.74 Å². The molecule has 0 N–H and O–H groups in total. The van der Waals surface area contributed by atoms with Crippen LogP contribution in [-0.4, -0.2) is 41.6 Å². The van der Waals surface area contributed by atoms with Gasteiger partial charge in [-0.15, -0.1) is 0 Å². The minimum atomic E-state index is -0.608. The van der Waals surface area contributed by atoms with E-state index < -0.39 is 5.97 Å². The number of allylic oxidation sites excluding steroid dienone is 2. The van der Waals surface area contributed by atoms with Gasteiger partial charge in [0.2, 0.25) is 11.8 Å². The number of ketones is 1. The van der Waals surface area contributed by atoms with Crippen molar-refractivity contribution in [3.05, 3.63) is 72.3 Å². The number of benzene rings is 2. The normalized spacial score (nSPS) is 19.9. The van der Waals surface area contributed by atoms with E-state index in [1.807, 2.05) is 54.6 Å². The zero-order chi connectivity index (χ0) is 21.8. The molecule has 1 saturated heterocycles. The zero-order valence-corrected chi connectivity index (χ0v) is 17.0. The van der Waals surface area contributed by atoms with Gasteiger partial charge in [0.1, 0.15) is 0 Å². The number of ether oxygens (including phenoxy) is 1. The number of carbonyl (C=O) groups excluding carboxylic acids is 4. The van der Waals surface area contributed by atoms with Gasteiger partial charge in [-0.1, -0.05) is 66.7 Å². The van der Waals surface area contributed by atoms with Crippen LogP contribution in [0, 0.1) is 11.8 Å². The molecule has 0 bridgehead atoms. The summed E-state index contributed by atoms with van der Waals surface area (Å²) in [5, 5.41) is 0. The number of nitrogens with zero attached hydrogens (tertiary/aromatic N) is 1. The van der Waals surface area contributed by atoms with E-state index in [1.54, 1.807) is 12.1 Å². The molecule has 2 aromatic carbocycles. The van der Waals surface area contributed by atoms with Crippen LogP contribution < -0.4 is 0 Å². The lowest BCUT2D eigenvalue weighted by Crippen LogP contribution is -2.33. The maximum Gasteiger partial charge on any atom is 0.308 e. The Morgan fingerprint density at radius 3 is 2.03 bits per heavy atom. The summed E-state index contributed by atoms with van der Waals surface area (Å²) in [5.41, 5.74) is 2.49. The summed E-state index contributed by atoms with van der Waals surface area (Å²) in [6, 6.07) is 16.9. The summed E-state index contributed by atoms with van der Waals surface area (Å²) in [4.78, 5) is 50.4. The largest absolute Gasteiger partial charge is 0.457 e. The molecule has 0 spiro atoms. The van der Waals surface area contributed by atoms with E-state index in [0.717, 1.165) is 16.0 Å². The van der Waals surface area contributed by atoms with Crippen molar-refractivity contribution in [2.75, 3.05) is 13.2 Å². The van der Waals surface area contributed by atoms with E-state index in [2.05, 4.69) is 0 Å². The van der Waals surface area contributed by atoms with Crippen LogP contribution in [0.4, 0.5) is 0 Å². The molecule has 1 heterocycles. The third-order valence-corrected chi connectivity index (χ3v) is 5.82. The van der Waals surface area contributed by atoms with Crippen LogP contribution in [0.15, 0.2) is 66.7 Å². The first kappa shape index (κ1) is 20.7. The van der Waals surface area contributed by atoms with Crippen LogP contribution in [0.1, 0.15) is 29.6 Å². The van der Waals surface area contributed by atoms with Crippen molar-refractivity contribution >= 4 is 23.6 Å². The molecule has 0 saturated carbocycles. The lowest BCUT2D eigenvalue weighted by Gasteiger charge is -2.14. The van der Waals surface area contributed by atoms with Crippen molar-refractivity contribution in [2.45, 2.75) is 19.3 Å². The first-order chi connectivity index (χ1) is 15.0. The quantitative estimate of drug-likeness (QED) is 0.298. The Morgan fingerprint density at radius 2 is 1.42 bits per heavy atom. The molecule has 1 fully saturated rings. The third kappa shape index (κ3) is 4.48. The van der Waals surface area contributed by atoms with Crippen molar-refractivity contribution in [3.8, 4) is 11.1 Å². The third-order valence-electron chi connectivity index (χ3n) is 5.82. The number of likely N-dealkylation sites (tertiary alicyclic amines) is 1. The second-order valence-corrected chi connectivity index (χ2v) is 7.76. The molecule has 0 unspecified atom stereocenters. The highest BCUT2D eigenvalue weighted by molar-refractivity contribution is 6.05. The van der Waals surface area contributed by atoms with Gasteiger partial charge in [-0.25, -0.2) is 0 Å².